The molecule has 0 radical (unpaired) electrons. The molecule has 2 unspecified atom stereocenters. The number of carbonyl (C=O) groups excluding carboxylic acids is 2. The molecule has 2 atom stereocenters. The van der Waals surface area contributed by atoms with Crippen molar-refractivity contribution >= 4 is 11.9 Å². The number of nitrogens with one attached hydrogen (secondary N) is 2. The van der Waals surface area contributed by atoms with Gasteiger partial charge < -0.3 is 10.1 Å². The van der Waals surface area contributed by atoms with Gasteiger partial charge in [0, 0.05) is 0 Å². The van der Waals surface area contributed by atoms with Crippen molar-refractivity contribution in [2.75, 3.05) is 6.61 Å². The molecule has 2 N–H and O–H groups in total. The smallest absolute Gasteiger partial charge is 0.319 e. The molecular formula is C13H22N4O3. The summed E-state index contributed by atoms with van der Waals surface area (Å²) < 4.78 is 4.99. The van der Waals surface area contributed by atoms with E-state index >= 15 is 0 Å². The van der Waals surface area contributed by atoms with Gasteiger partial charge in [-0.1, -0.05) is 20.8 Å². The van der Waals surface area contributed by atoms with E-state index in [1.54, 1.807) is 13.8 Å². The van der Waals surface area contributed by atoms with E-state index in [2.05, 4.69) is 20.5 Å². The van der Waals surface area contributed by atoms with Gasteiger partial charge in [0.2, 0.25) is 5.91 Å². The molecule has 0 aliphatic rings. The van der Waals surface area contributed by atoms with Crippen LogP contribution >= 0.6 is 0 Å². The maximum Gasteiger partial charge on any atom is 0.319 e. The molecule has 1 heterocycles. The lowest BCUT2D eigenvalue weighted by Gasteiger charge is -2.28. The van der Waals surface area contributed by atoms with Crippen LogP contribution in [-0.2, 0) is 14.3 Å². The summed E-state index contributed by atoms with van der Waals surface area (Å²) in [7, 11) is 0. The fourth-order valence-corrected chi connectivity index (χ4v) is 1.87. The monoisotopic (exact) mass is 282 g/mol. The van der Waals surface area contributed by atoms with Crippen LogP contribution in [0.4, 0.5) is 0 Å². The number of rotatable bonds is 5. The average Bonchev–Trinajstić information content (AvgIpc) is 2.80. The summed E-state index contributed by atoms with van der Waals surface area (Å²) in [5, 5.41) is 9.17. The lowest BCUT2D eigenvalue weighted by atomic mass is 9.80. The van der Waals surface area contributed by atoms with Crippen molar-refractivity contribution in [2.24, 2.45) is 11.3 Å². The third-order valence-corrected chi connectivity index (χ3v) is 2.85. The van der Waals surface area contributed by atoms with Crippen molar-refractivity contribution in [2.45, 2.75) is 40.7 Å². The van der Waals surface area contributed by atoms with Gasteiger partial charge in [-0.2, -0.15) is 5.10 Å². The van der Waals surface area contributed by atoms with Gasteiger partial charge in [0.15, 0.2) is 0 Å². The van der Waals surface area contributed by atoms with Gasteiger partial charge in [-0.25, -0.2) is 4.98 Å². The first-order valence-electron chi connectivity index (χ1n) is 6.59. The predicted molar refractivity (Wildman–Crippen MR) is 72.5 cm³/mol. The second-order valence-corrected chi connectivity index (χ2v) is 5.65. The van der Waals surface area contributed by atoms with Gasteiger partial charge in [0.25, 0.3) is 0 Å². The number of ether oxygens (including phenoxy) is 1. The summed E-state index contributed by atoms with van der Waals surface area (Å²) in [4.78, 5) is 28.3. The normalized spacial score (nSPS) is 14.4. The standard InChI is InChI=1S/C13H22N4O3/c1-6-20-12(19)9(13(3,4)5)11(18)16-8(2)10-14-7-15-17-10/h7-9H,6H2,1-5H3,(H,16,18)(H,14,15,17). The second kappa shape index (κ2) is 6.49. The minimum atomic E-state index is -0.868. The van der Waals surface area contributed by atoms with Gasteiger partial charge >= 0.3 is 5.97 Å². The van der Waals surface area contributed by atoms with Crippen LogP contribution in [0, 0.1) is 11.3 Å². The Balaban J connectivity index is 2.81. The lowest BCUT2D eigenvalue weighted by molar-refractivity contribution is -0.156. The zero-order valence-electron chi connectivity index (χ0n) is 12.6. The van der Waals surface area contributed by atoms with Crippen LogP contribution < -0.4 is 5.32 Å². The number of carbonyl (C=O) groups is 2. The van der Waals surface area contributed by atoms with Crippen LogP contribution in [0.15, 0.2) is 6.33 Å². The Bertz CT molecular complexity index is 451. The number of esters is 1. The van der Waals surface area contributed by atoms with Crippen LogP contribution in [-0.4, -0.2) is 33.7 Å². The molecule has 1 amide bonds. The maximum atomic E-state index is 12.3. The molecule has 0 aromatic carbocycles. The number of aromatic amines is 1. The van der Waals surface area contributed by atoms with Crippen molar-refractivity contribution in [3.8, 4) is 0 Å². The molecule has 0 fully saturated rings. The Kier molecular flexibility index (Phi) is 5.24. The first-order chi connectivity index (χ1) is 9.27. The summed E-state index contributed by atoms with van der Waals surface area (Å²) in [5.41, 5.74) is -0.530. The summed E-state index contributed by atoms with van der Waals surface area (Å²) >= 11 is 0. The Morgan fingerprint density at radius 3 is 2.55 bits per heavy atom. The Morgan fingerprint density at radius 1 is 1.45 bits per heavy atom. The van der Waals surface area contributed by atoms with Crippen molar-refractivity contribution in [3.05, 3.63) is 12.2 Å². The number of hydrogen-bond acceptors (Lipinski definition) is 5. The highest BCUT2D eigenvalue weighted by Gasteiger charge is 2.39. The molecule has 1 aromatic heterocycles. The first-order valence-corrected chi connectivity index (χ1v) is 6.59. The van der Waals surface area contributed by atoms with Gasteiger partial charge in [-0.15, -0.1) is 0 Å². The zero-order chi connectivity index (χ0) is 15.3. The number of H-pyrrole nitrogens is 1. The second-order valence-electron chi connectivity index (χ2n) is 5.65. The third-order valence-electron chi connectivity index (χ3n) is 2.85. The van der Waals surface area contributed by atoms with Crippen LogP contribution in [0.2, 0.25) is 0 Å². The molecule has 1 rings (SSSR count). The van der Waals surface area contributed by atoms with E-state index in [0.29, 0.717) is 5.82 Å². The van der Waals surface area contributed by atoms with Gasteiger partial charge in [0.1, 0.15) is 18.1 Å². The van der Waals surface area contributed by atoms with E-state index < -0.39 is 17.3 Å². The molecule has 0 spiro atoms. The topological polar surface area (TPSA) is 97.0 Å². The lowest BCUT2D eigenvalue weighted by Crippen LogP contribution is -2.44. The van der Waals surface area contributed by atoms with E-state index in [4.69, 9.17) is 4.74 Å². The molecule has 0 saturated heterocycles. The molecule has 0 aliphatic carbocycles. The molecule has 7 heteroatoms. The fourth-order valence-electron chi connectivity index (χ4n) is 1.87. The molecule has 0 bridgehead atoms. The number of amides is 1. The molecule has 1 aromatic rings. The van der Waals surface area contributed by atoms with Gasteiger partial charge in [0.05, 0.1) is 12.6 Å². The largest absolute Gasteiger partial charge is 0.465 e. The van der Waals surface area contributed by atoms with Crippen molar-refractivity contribution in [3.63, 3.8) is 0 Å². The van der Waals surface area contributed by atoms with Crippen LogP contribution in [0.1, 0.15) is 46.5 Å². The number of aromatic nitrogens is 3. The van der Waals surface area contributed by atoms with Gasteiger partial charge in [-0.3, -0.25) is 14.7 Å². The Hall–Kier alpha value is -1.92. The highest BCUT2D eigenvalue weighted by atomic mass is 16.5. The highest BCUT2D eigenvalue weighted by Crippen LogP contribution is 2.28. The van der Waals surface area contributed by atoms with Crippen LogP contribution in [0.5, 0.6) is 0 Å². The Morgan fingerprint density at radius 2 is 2.10 bits per heavy atom. The summed E-state index contributed by atoms with van der Waals surface area (Å²) in [5.74, 6) is -1.22. The van der Waals surface area contributed by atoms with Crippen molar-refractivity contribution in [1.82, 2.24) is 20.5 Å². The van der Waals surface area contributed by atoms with E-state index in [-0.39, 0.29) is 18.6 Å². The van der Waals surface area contributed by atoms with E-state index in [1.807, 2.05) is 20.8 Å². The van der Waals surface area contributed by atoms with E-state index in [9.17, 15) is 9.59 Å². The third kappa shape index (κ3) is 4.04. The minimum Gasteiger partial charge on any atom is -0.465 e. The van der Waals surface area contributed by atoms with Crippen LogP contribution in [0.25, 0.3) is 0 Å². The van der Waals surface area contributed by atoms with Crippen molar-refractivity contribution in [1.29, 1.82) is 0 Å². The minimum absolute atomic E-state index is 0.246. The quantitative estimate of drug-likeness (QED) is 0.625. The molecule has 112 valence electrons. The SMILES string of the molecule is CCOC(=O)C(C(=O)NC(C)c1ncn[nH]1)C(C)(C)C. The molecule has 7 nitrogen and oxygen atoms in total. The molecule has 0 aliphatic heterocycles. The Labute approximate surface area is 118 Å². The molecular weight excluding hydrogens is 260 g/mol. The van der Waals surface area contributed by atoms with E-state index in [1.165, 1.54) is 6.33 Å². The highest BCUT2D eigenvalue weighted by molar-refractivity contribution is 5.98. The first kappa shape index (κ1) is 16.1. The number of nitrogens with zero attached hydrogens (tertiary/aromatic N) is 2. The summed E-state index contributed by atoms with van der Waals surface area (Å²) in [6.45, 7) is 9.21. The van der Waals surface area contributed by atoms with Crippen LogP contribution in [0.3, 0.4) is 0 Å². The summed E-state index contributed by atoms with van der Waals surface area (Å²) in [6.07, 6.45) is 1.37. The van der Waals surface area contributed by atoms with Crippen molar-refractivity contribution < 1.29 is 14.3 Å². The number of hydrogen-bond donors (Lipinski definition) is 2. The predicted octanol–water partition coefficient (Wildman–Crippen LogP) is 1.21. The van der Waals surface area contributed by atoms with E-state index in [0.717, 1.165) is 0 Å². The molecule has 0 saturated carbocycles. The maximum absolute atomic E-state index is 12.3. The zero-order valence-corrected chi connectivity index (χ0v) is 12.6. The summed E-state index contributed by atoms with van der Waals surface area (Å²) in [6, 6.07) is -0.357. The molecule has 20 heavy (non-hydrogen) atoms. The van der Waals surface area contributed by atoms with Gasteiger partial charge in [-0.05, 0) is 19.3 Å². The average molecular weight is 282 g/mol. The fraction of sp³-hybridized carbons (Fsp3) is 0.692.